The molecule has 7 nitrogen and oxygen atoms in total. The number of fused-ring (bicyclic) bond motifs is 1. The molecular weight excluding hydrogens is 590 g/mol. The van der Waals surface area contributed by atoms with Gasteiger partial charge in [0.05, 0.1) is 28.1 Å². The Morgan fingerprint density at radius 3 is 2.40 bits per heavy atom. The Balaban J connectivity index is 1.69. The van der Waals surface area contributed by atoms with Gasteiger partial charge in [0.2, 0.25) is 0 Å². The van der Waals surface area contributed by atoms with E-state index in [9.17, 15) is 14.0 Å². The summed E-state index contributed by atoms with van der Waals surface area (Å²) in [4.78, 5) is 28.8. The predicted molar refractivity (Wildman–Crippen MR) is 167 cm³/mol. The molecule has 4 aromatic rings. The highest BCUT2D eigenvalue weighted by molar-refractivity contribution is 6.35. The van der Waals surface area contributed by atoms with Crippen molar-refractivity contribution in [1.82, 2.24) is 20.0 Å². The molecule has 0 fully saturated rings. The molecular formula is C33H31Cl2FN4O3. The summed E-state index contributed by atoms with van der Waals surface area (Å²) in [5, 5.41) is 8.56. The average Bonchev–Trinajstić information content (AvgIpc) is 3.34. The third-order valence-corrected chi connectivity index (χ3v) is 7.43. The van der Waals surface area contributed by atoms with E-state index in [-0.39, 0.29) is 30.0 Å². The normalized spacial score (nSPS) is 14.8. The second kappa shape index (κ2) is 12.2. The molecule has 0 saturated carbocycles. The number of ether oxygens (including phenoxy) is 1. The number of nitrogens with one attached hydrogen (secondary N) is 1. The number of halogens is 3. The van der Waals surface area contributed by atoms with Crippen LogP contribution in [0.4, 0.5) is 9.18 Å². The first kappa shape index (κ1) is 30.3. The maximum Gasteiger partial charge on any atom is 0.414 e. The highest BCUT2D eigenvalue weighted by Gasteiger charge is 2.37. The minimum Gasteiger partial charge on any atom is -0.443 e. The van der Waals surface area contributed by atoms with Gasteiger partial charge in [-0.05, 0) is 81.7 Å². The van der Waals surface area contributed by atoms with Crippen LogP contribution < -0.4 is 5.32 Å². The Labute approximate surface area is 259 Å². The summed E-state index contributed by atoms with van der Waals surface area (Å²) in [6.45, 7) is 7.49. The first-order valence-corrected chi connectivity index (χ1v) is 14.6. The van der Waals surface area contributed by atoms with E-state index in [2.05, 4.69) is 5.32 Å². The molecule has 5 rings (SSSR count). The van der Waals surface area contributed by atoms with Crippen LogP contribution in [-0.4, -0.2) is 38.8 Å². The van der Waals surface area contributed by atoms with Crippen molar-refractivity contribution in [2.24, 2.45) is 0 Å². The maximum absolute atomic E-state index is 13.8. The quantitative estimate of drug-likeness (QED) is 0.244. The molecule has 1 atom stereocenters. The topological polar surface area (TPSA) is 76.5 Å². The molecule has 10 heteroatoms. The number of rotatable bonds is 5. The van der Waals surface area contributed by atoms with Crippen LogP contribution in [-0.2, 0) is 11.2 Å². The molecule has 1 unspecified atom stereocenters. The van der Waals surface area contributed by atoms with Crippen molar-refractivity contribution in [2.75, 3.05) is 6.54 Å². The number of benzene rings is 3. The van der Waals surface area contributed by atoms with Crippen molar-refractivity contribution >= 4 is 47.0 Å². The summed E-state index contributed by atoms with van der Waals surface area (Å²) in [6, 6.07) is 20.2. The van der Waals surface area contributed by atoms with Gasteiger partial charge in [0, 0.05) is 17.1 Å². The summed E-state index contributed by atoms with van der Waals surface area (Å²) in [7, 11) is 0. The van der Waals surface area contributed by atoms with E-state index in [0.29, 0.717) is 44.7 Å². The molecule has 0 radical (unpaired) electrons. The van der Waals surface area contributed by atoms with Crippen molar-refractivity contribution in [1.29, 1.82) is 0 Å². The van der Waals surface area contributed by atoms with Gasteiger partial charge in [0.25, 0.3) is 5.91 Å². The van der Waals surface area contributed by atoms with E-state index < -0.39 is 11.7 Å². The smallest absolute Gasteiger partial charge is 0.414 e. The lowest BCUT2D eigenvalue weighted by Gasteiger charge is -2.32. The zero-order valence-corrected chi connectivity index (χ0v) is 25.7. The lowest BCUT2D eigenvalue weighted by Crippen LogP contribution is -2.40. The monoisotopic (exact) mass is 620 g/mol. The van der Waals surface area contributed by atoms with Crippen molar-refractivity contribution < 1.29 is 18.7 Å². The van der Waals surface area contributed by atoms with Crippen LogP contribution in [0.1, 0.15) is 66.6 Å². The minimum absolute atomic E-state index is 0.206. The van der Waals surface area contributed by atoms with Gasteiger partial charge < -0.3 is 10.1 Å². The molecule has 0 aliphatic carbocycles. The fourth-order valence-corrected chi connectivity index (χ4v) is 5.38. The van der Waals surface area contributed by atoms with Gasteiger partial charge >= 0.3 is 6.09 Å². The molecule has 1 aromatic heterocycles. The van der Waals surface area contributed by atoms with E-state index in [1.807, 2.05) is 37.3 Å². The Morgan fingerprint density at radius 1 is 1.05 bits per heavy atom. The summed E-state index contributed by atoms with van der Waals surface area (Å²) >= 11 is 12.9. The zero-order valence-electron chi connectivity index (χ0n) is 24.2. The number of carbonyl (C=O) groups is 2. The molecule has 1 N–H and O–H groups in total. The van der Waals surface area contributed by atoms with Crippen LogP contribution in [0, 0.1) is 5.82 Å². The van der Waals surface area contributed by atoms with Gasteiger partial charge in [0.1, 0.15) is 11.4 Å². The van der Waals surface area contributed by atoms with Gasteiger partial charge in [-0.25, -0.2) is 13.9 Å². The highest BCUT2D eigenvalue weighted by Crippen LogP contribution is 2.37. The Bertz CT molecular complexity index is 1700. The van der Waals surface area contributed by atoms with Crippen LogP contribution in [0.3, 0.4) is 0 Å². The third kappa shape index (κ3) is 6.76. The SMILES string of the molecule is CC(NC(=O)c1nn(-c2ccc(Cl)cc2Cl)c2c1CCN(C(=O)OC(C)(C)C)/C2=C\c1ccc(F)cc1)c1ccccc1. The van der Waals surface area contributed by atoms with Gasteiger partial charge in [-0.3, -0.25) is 9.69 Å². The zero-order chi connectivity index (χ0) is 30.9. The Kier molecular flexibility index (Phi) is 8.62. The van der Waals surface area contributed by atoms with Gasteiger partial charge in [-0.1, -0.05) is 65.7 Å². The predicted octanol–water partition coefficient (Wildman–Crippen LogP) is 8.10. The summed E-state index contributed by atoms with van der Waals surface area (Å²) in [5.74, 6) is -0.761. The van der Waals surface area contributed by atoms with Crippen LogP contribution in [0.15, 0.2) is 72.8 Å². The van der Waals surface area contributed by atoms with E-state index in [4.69, 9.17) is 33.0 Å². The fraction of sp³-hybridized carbons (Fsp3) is 0.242. The molecule has 3 aromatic carbocycles. The number of hydrogen-bond donors (Lipinski definition) is 1. The molecule has 1 aliphatic rings. The number of aromatic nitrogens is 2. The van der Waals surface area contributed by atoms with Crippen LogP contribution in [0.2, 0.25) is 10.0 Å². The number of hydrogen-bond acceptors (Lipinski definition) is 4. The van der Waals surface area contributed by atoms with Gasteiger partial charge in [0.15, 0.2) is 5.69 Å². The van der Waals surface area contributed by atoms with Gasteiger partial charge in [-0.15, -0.1) is 0 Å². The third-order valence-electron chi connectivity index (χ3n) is 6.89. The van der Waals surface area contributed by atoms with Crippen molar-refractivity contribution in [3.8, 4) is 5.69 Å². The standard InChI is InChI=1S/C33H31Cl2FN4O3/c1-20(22-8-6-5-7-9-22)37-31(41)29-25-16-17-39(32(42)43-33(2,3)4)28(18-21-10-13-24(36)14-11-21)30(25)40(38-29)27-15-12-23(34)19-26(27)35/h5-15,18-20H,16-17H2,1-4H3,(H,37,41)/b28-18-. The maximum atomic E-state index is 13.8. The first-order chi connectivity index (χ1) is 20.4. The molecule has 43 heavy (non-hydrogen) atoms. The molecule has 0 spiro atoms. The van der Waals surface area contributed by atoms with Gasteiger partial charge in [-0.2, -0.15) is 5.10 Å². The lowest BCUT2D eigenvalue weighted by molar-refractivity contribution is 0.0351. The van der Waals surface area contributed by atoms with E-state index in [0.717, 1.165) is 5.56 Å². The van der Waals surface area contributed by atoms with Crippen molar-refractivity contribution in [2.45, 2.75) is 45.8 Å². The number of carbonyl (C=O) groups excluding carboxylic acids is 2. The van der Waals surface area contributed by atoms with Crippen molar-refractivity contribution in [3.05, 3.63) is 117 Å². The second-order valence-electron chi connectivity index (χ2n) is 11.3. The van der Waals surface area contributed by atoms with Crippen LogP contribution >= 0.6 is 23.2 Å². The van der Waals surface area contributed by atoms with E-state index >= 15 is 0 Å². The van der Waals surface area contributed by atoms with E-state index in [1.54, 1.807) is 61.9 Å². The molecule has 1 aliphatic heterocycles. The molecule has 0 bridgehead atoms. The summed E-state index contributed by atoms with van der Waals surface area (Å²) in [6.07, 6.45) is 1.51. The Hall–Kier alpha value is -4.14. The fourth-order valence-electron chi connectivity index (χ4n) is 4.89. The molecule has 222 valence electrons. The van der Waals surface area contributed by atoms with E-state index in [1.165, 1.54) is 17.0 Å². The Morgan fingerprint density at radius 2 is 1.74 bits per heavy atom. The highest BCUT2D eigenvalue weighted by atomic mass is 35.5. The number of amides is 2. The van der Waals surface area contributed by atoms with Crippen molar-refractivity contribution in [3.63, 3.8) is 0 Å². The van der Waals surface area contributed by atoms with Crippen LogP contribution in [0.5, 0.6) is 0 Å². The van der Waals surface area contributed by atoms with Crippen LogP contribution in [0.25, 0.3) is 17.5 Å². The number of nitrogens with zero attached hydrogens (tertiary/aromatic N) is 3. The largest absolute Gasteiger partial charge is 0.443 e. The molecule has 2 heterocycles. The molecule has 0 saturated heterocycles. The summed E-state index contributed by atoms with van der Waals surface area (Å²) in [5.41, 5.74) is 3.05. The first-order valence-electron chi connectivity index (χ1n) is 13.8. The molecule has 2 amide bonds. The summed E-state index contributed by atoms with van der Waals surface area (Å²) < 4.78 is 21.1. The minimum atomic E-state index is -0.753. The second-order valence-corrected chi connectivity index (χ2v) is 12.1. The average molecular weight is 622 g/mol. The lowest BCUT2D eigenvalue weighted by atomic mass is 9.98.